The van der Waals surface area contributed by atoms with Crippen molar-refractivity contribution in [3.05, 3.63) is 65.9 Å². The fraction of sp³-hybridized carbons (Fsp3) is 0.321. The number of ketones is 1. The molecule has 0 amide bonds. The van der Waals surface area contributed by atoms with Crippen molar-refractivity contribution in [3.63, 3.8) is 0 Å². The standard InChI is InChI=1S/C28H30N4O/c1-18-9-7-10-19(15-18)22-17-29-27-25(30-22)23(26(33)28(2,3)4)24(31-27)20-11-8-12-21(16-20)32-13-5-6-14-32/h7-12,15-17H,5-6,13-14H2,1-4H3,(H,29,31). The SMILES string of the molecule is Cc1cccc(-c2cnc3[nH]c(-c4cccc(N5CCCC5)c4)c(C(=O)C(C)(C)C)c3n2)c1. The second-order valence-electron chi connectivity index (χ2n) is 10.0. The minimum Gasteiger partial charge on any atom is -0.372 e. The van der Waals surface area contributed by atoms with Crippen molar-refractivity contribution in [2.24, 2.45) is 5.41 Å². The first-order valence-electron chi connectivity index (χ1n) is 11.7. The van der Waals surface area contributed by atoms with Gasteiger partial charge < -0.3 is 9.88 Å². The third-order valence-corrected chi connectivity index (χ3v) is 6.33. The van der Waals surface area contributed by atoms with Gasteiger partial charge >= 0.3 is 0 Å². The van der Waals surface area contributed by atoms with Crippen molar-refractivity contribution in [3.8, 4) is 22.5 Å². The molecule has 0 bridgehead atoms. The first-order valence-corrected chi connectivity index (χ1v) is 11.7. The highest BCUT2D eigenvalue weighted by Crippen LogP contribution is 2.36. The van der Waals surface area contributed by atoms with E-state index in [9.17, 15) is 4.79 Å². The van der Waals surface area contributed by atoms with Gasteiger partial charge in [-0.15, -0.1) is 0 Å². The quantitative estimate of drug-likeness (QED) is 0.373. The Morgan fingerprint density at radius 2 is 1.73 bits per heavy atom. The third kappa shape index (κ3) is 4.04. The second-order valence-corrected chi connectivity index (χ2v) is 10.0. The molecular formula is C28H30N4O. The van der Waals surface area contributed by atoms with Crippen molar-refractivity contribution >= 4 is 22.6 Å². The van der Waals surface area contributed by atoms with E-state index in [-0.39, 0.29) is 5.78 Å². The Bertz CT molecular complexity index is 1340. The smallest absolute Gasteiger partial charge is 0.172 e. The molecule has 2 aromatic carbocycles. The molecule has 4 aromatic rings. The largest absolute Gasteiger partial charge is 0.372 e. The molecule has 1 fully saturated rings. The summed E-state index contributed by atoms with van der Waals surface area (Å²) in [4.78, 5) is 29.1. The summed E-state index contributed by atoms with van der Waals surface area (Å²) < 4.78 is 0. The van der Waals surface area contributed by atoms with Gasteiger partial charge in [-0.05, 0) is 38.0 Å². The Morgan fingerprint density at radius 1 is 1.00 bits per heavy atom. The number of carbonyl (C=O) groups is 1. The molecule has 1 N–H and O–H groups in total. The van der Waals surface area contributed by atoms with Gasteiger partial charge in [0.1, 0.15) is 5.52 Å². The number of aromatic amines is 1. The lowest BCUT2D eigenvalue weighted by molar-refractivity contribution is 0.0860. The van der Waals surface area contributed by atoms with Crippen LogP contribution in [0.2, 0.25) is 0 Å². The van der Waals surface area contributed by atoms with Crippen LogP contribution in [-0.4, -0.2) is 33.8 Å². The van der Waals surface area contributed by atoms with E-state index in [0.29, 0.717) is 16.7 Å². The van der Waals surface area contributed by atoms with Gasteiger partial charge in [0.2, 0.25) is 0 Å². The first-order chi connectivity index (χ1) is 15.8. The number of rotatable bonds is 4. The van der Waals surface area contributed by atoms with Crippen LogP contribution in [0.15, 0.2) is 54.7 Å². The van der Waals surface area contributed by atoms with E-state index in [1.54, 1.807) is 6.20 Å². The van der Waals surface area contributed by atoms with Crippen molar-refractivity contribution in [2.45, 2.75) is 40.5 Å². The Kier molecular flexibility index (Phi) is 5.28. The molecule has 5 heteroatoms. The Labute approximate surface area is 194 Å². The predicted octanol–water partition coefficient (Wildman–Crippen LogP) is 6.43. The summed E-state index contributed by atoms with van der Waals surface area (Å²) >= 11 is 0. The summed E-state index contributed by atoms with van der Waals surface area (Å²) in [6.45, 7) is 10.1. The van der Waals surface area contributed by atoms with Crippen LogP contribution in [0.3, 0.4) is 0 Å². The van der Waals surface area contributed by atoms with Crippen LogP contribution in [0.4, 0.5) is 5.69 Å². The molecule has 0 atom stereocenters. The van der Waals surface area contributed by atoms with Crippen LogP contribution >= 0.6 is 0 Å². The van der Waals surface area contributed by atoms with Crippen molar-refractivity contribution in [1.29, 1.82) is 0 Å². The maximum Gasteiger partial charge on any atom is 0.172 e. The molecule has 2 aromatic heterocycles. The number of Topliss-reactive ketones (excluding diaryl/α,β-unsaturated/α-hetero) is 1. The van der Waals surface area contributed by atoms with Crippen LogP contribution in [0.5, 0.6) is 0 Å². The summed E-state index contributed by atoms with van der Waals surface area (Å²) in [5, 5.41) is 0. The lowest BCUT2D eigenvalue weighted by Gasteiger charge is -2.19. The molecule has 0 saturated carbocycles. The van der Waals surface area contributed by atoms with Crippen molar-refractivity contribution in [2.75, 3.05) is 18.0 Å². The number of hydrogen-bond donors (Lipinski definition) is 1. The molecule has 5 nitrogen and oxygen atoms in total. The van der Waals surface area contributed by atoms with Crippen LogP contribution in [-0.2, 0) is 0 Å². The Hall–Kier alpha value is -3.47. The maximum absolute atomic E-state index is 13.7. The summed E-state index contributed by atoms with van der Waals surface area (Å²) in [7, 11) is 0. The highest BCUT2D eigenvalue weighted by molar-refractivity contribution is 6.13. The zero-order chi connectivity index (χ0) is 23.2. The molecule has 0 aliphatic carbocycles. The molecular weight excluding hydrogens is 408 g/mol. The van der Waals surface area contributed by atoms with E-state index < -0.39 is 5.41 Å². The molecule has 1 saturated heterocycles. The second kappa shape index (κ2) is 8.14. The van der Waals surface area contributed by atoms with Gasteiger partial charge in [-0.1, -0.05) is 56.7 Å². The summed E-state index contributed by atoms with van der Waals surface area (Å²) in [5.41, 5.74) is 7.26. The summed E-state index contributed by atoms with van der Waals surface area (Å²) in [5.74, 6) is 0.0611. The fourth-order valence-corrected chi connectivity index (χ4v) is 4.54. The number of hydrogen-bond acceptors (Lipinski definition) is 4. The topological polar surface area (TPSA) is 61.9 Å². The summed E-state index contributed by atoms with van der Waals surface area (Å²) in [6, 6.07) is 16.7. The van der Waals surface area contributed by atoms with Crippen LogP contribution in [0, 0.1) is 12.3 Å². The van der Waals surface area contributed by atoms with E-state index in [4.69, 9.17) is 4.98 Å². The molecule has 0 radical (unpaired) electrons. The van der Waals surface area contributed by atoms with Gasteiger partial charge in [0.15, 0.2) is 11.4 Å². The van der Waals surface area contributed by atoms with Gasteiger partial charge in [-0.25, -0.2) is 9.97 Å². The molecule has 0 spiro atoms. The maximum atomic E-state index is 13.7. The highest BCUT2D eigenvalue weighted by Gasteiger charge is 2.30. The highest BCUT2D eigenvalue weighted by atomic mass is 16.1. The lowest BCUT2D eigenvalue weighted by atomic mass is 9.85. The number of benzene rings is 2. The third-order valence-electron chi connectivity index (χ3n) is 6.33. The normalized spacial score (nSPS) is 14.2. The minimum absolute atomic E-state index is 0.0611. The monoisotopic (exact) mass is 438 g/mol. The Balaban J connectivity index is 1.70. The number of nitrogens with zero attached hydrogens (tertiary/aromatic N) is 3. The van der Waals surface area contributed by atoms with Crippen LogP contribution in [0.25, 0.3) is 33.7 Å². The molecule has 33 heavy (non-hydrogen) atoms. The van der Waals surface area contributed by atoms with Crippen molar-refractivity contribution < 1.29 is 4.79 Å². The van der Waals surface area contributed by atoms with Crippen LogP contribution in [0.1, 0.15) is 49.5 Å². The number of carbonyl (C=O) groups excluding carboxylic acids is 1. The number of aryl methyl sites for hydroxylation is 1. The zero-order valence-corrected chi connectivity index (χ0v) is 19.8. The lowest BCUT2D eigenvalue weighted by Crippen LogP contribution is -2.21. The van der Waals surface area contributed by atoms with E-state index in [0.717, 1.165) is 41.2 Å². The number of nitrogens with one attached hydrogen (secondary N) is 1. The fourth-order valence-electron chi connectivity index (χ4n) is 4.54. The number of aromatic nitrogens is 3. The first kappa shape index (κ1) is 21.4. The molecule has 5 rings (SSSR count). The average molecular weight is 439 g/mol. The average Bonchev–Trinajstić information content (AvgIpc) is 3.46. The van der Waals surface area contributed by atoms with Gasteiger partial charge in [-0.3, -0.25) is 4.79 Å². The molecule has 1 aliphatic rings. The molecule has 0 unspecified atom stereocenters. The van der Waals surface area contributed by atoms with E-state index in [1.807, 2.05) is 32.9 Å². The van der Waals surface area contributed by atoms with E-state index >= 15 is 0 Å². The Morgan fingerprint density at radius 3 is 2.45 bits per heavy atom. The van der Waals surface area contributed by atoms with Crippen LogP contribution < -0.4 is 4.90 Å². The van der Waals surface area contributed by atoms with Gasteiger partial charge in [0, 0.05) is 35.3 Å². The summed E-state index contributed by atoms with van der Waals surface area (Å²) in [6.07, 6.45) is 4.23. The number of H-pyrrole nitrogens is 1. The molecule has 1 aliphatic heterocycles. The minimum atomic E-state index is -0.544. The van der Waals surface area contributed by atoms with Gasteiger partial charge in [0.05, 0.1) is 23.1 Å². The predicted molar refractivity (Wildman–Crippen MR) is 135 cm³/mol. The zero-order valence-electron chi connectivity index (χ0n) is 19.8. The molecule has 168 valence electrons. The van der Waals surface area contributed by atoms with E-state index in [2.05, 4.69) is 58.2 Å². The molecule has 3 heterocycles. The number of anilines is 1. The van der Waals surface area contributed by atoms with Crippen molar-refractivity contribution in [1.82, 2.24) is 15.0 Å². The number of fused-ring (bicyclic) bond motifs is 1. The van der Waals surface area contributed by atoms with E-state index in [1.165, 1.54) is 18.5 Å². The van der Waals surface area contributed by atoms with Gasteiger partial charge in [-0.2, -0.15) is 0 Å². The van der Waals surface area contributed by atoms with Gasteiger partial charge in [0.25, 0.3) is 0 Å².